The molecule has 1 aliphatic rings. The molecule has 31 heavy (non-hydrogen) atoms. The third kappa shape index (κ3) is 4.60. The van der Waals surface area contributed by atoms with E-state index >= 15 is 0 Å². The van der Waals surface area contributed by atoms with E-state index in [0.717, 1.165) is 28.8 Å². The summed E-state index contributed by atoms with van der Waals surface area (Å²) in [6, 6.07) is 10.2. The third-order valence-electron chi connectivity index (χ3n) is 5.45. The van der Waals surface area contributed by atoms with Crippen LogP contribution in [0.4, 0.5) is 10.2 Å². The molecule has 0 spiro atoms. The molecule has 0 radical (unpaired) electrons. The highest BCUT2D eigenvalue weighted by Crippen LogP contribution is 2.34. The Hall–Kier alpha value is -2.82. The first-order valence-electron chi connectivity index (χ1n) is 10.00. The monoisotopic (exact) mass is 444 g/mol. The molecule has 10 heteroatoms. The molecule has 1 aromatic carbocycles. The lowest BCUT2D eigenvalue weighted by molar-refractivity contribution is 0.418. The van der Waals surface area contributed by atoms with E-state index in [9.17, 15) is 12.8 Å². The molecule has 3 aromatic rings. The second-order valence-corrected chi connectivity index (χ2v) is 9.89. The Morgan fingerprint density at radius 1 is 1.29 bits per heavy atom. The van der Waals surface area contributed by atoms with Crippen LogP contribution in [0.25, 0.3) is 11.1 Å². The van der Waals surface area contributed by atoms with Gasteiger partial charge in [-0.25, -0.2) is 9.37 Å². The van der Waals surface area contributed by atoms with Crippen LogP contribution in [-0.4, -0.2) is 59.4 Å². The SMILES string of the molecule is CN(C)S(=O)(=O)N1CC[C@@H](c2[nH]ncc2-c2ccnc(NCc3cccc(F)c3)c2)C1. The molecule has 0 bridgehead atoms. The van der Waals surface area contributed by atoms with E-state index in [4.69, 9.17) is 0 Å². The largest absolute Gasteiger partial charge is 0.366 e. The zero-order valence-electron chi connectivity index (χ0n) is 17.4. The Morgan fingerprint density at radius 2 is 2.13 bits per heavy atom. The summed E-state index contributed by atoms with van der Waals surface area (Å²) in [4.78, 5) is 4.35. The van der Waals surface area contributed by atoms with Crippen molar-refractivity contribution in [1.29, 1.82) is 0 Å². The number of nitrogens with one attached hydrogen (secondary N) is 2. The van der Waals surface area contributed by atoms with Gasteiger partial charge in [-0.2, -0.15) is 22.1 Å². The molecule has 0 amide bonds. The summed E-state index contributed by atoms with van der Waals surface area (Å²) in [7, 11) is -0.353. The summed E-state index contributed by atoms with van der Waals surface area (Å²) in [5, 5.41) is 10.5. The second kappa shape index (κ2) is 8.74. The highest BCUT2D eigenvalue weighted by atomic mass is 32.2. The minimum atomic E-state index is -3.44. The first-order chi connectivity index (χ1) is 14.8. The maximum absolute atomic E-state index is 13.4. The van der Waals surface area contributed by atoms with E-state index in [2.05, 4.69) is 20.5 Å². The molecule has 3 heterocycles. The number of rotatable bonds is 7. The van der Waals surface area contributed by atoms with Crippen molar-refractivity contribution >= 4 is 16.0 Å². The summed E-state index contributed by atoms with van der Waals surface area (Å²) in [5.74, 6) is 0.423. The fraction of sp³-hybridized carbons (Fsp3) is 0.333. The fourth-order valence-corrected chi connectivity index (χ4v) is 4.94. The Bertz CT molecular complexity index is 1160. The van der Waals surface area contributed by atoms with Gasteiger partial charge in [-0.1, -0.05) is 12.1 Å². The number of pyridine rings is 1. The van der Waals surface area contributed by atoms with Crippen LogP contribution in [0.3, 0.4) is 0 Å². The summed E-state index contributed by atoms with van der Waals surface area (Å²) in [6.45, 7) is 1.33. The van der Waals surface area contributed by atoms with Crippen molar-refractivity contribution in [3.63, 3.8) is 0 Å². The molecular formula is C21H25FN6O2S. The average Bonchev–Trinajstić information content (AvgIpc) is 3.42. The van der Waals surface area contributed by atoms with Gasteiger partial charge >= 0.3 is 0 Å². The van der Waals surface area contributed by atoms with Crippen molar-refractivity contribution in [2.45, 2.75) is 18.9 Å². The molecule has 1 saturated heterocycles. The topological polar surface area (TPSA) is 94.2 Å². The number of H-pyrrole nitrogens is 1. The van der Waals surface area contributed by atoms with Crippen molar-refractivity contribution in [1.82, 2.24) is 23.8 Å². The third-order valence-corrected chi connectivity index (χ3v) is 7.36. The number of aromatic amines is 1. The summed E-state index contributed by atoms with van der Waals surface area (Å²) < 4.78 is 41.0. The zero-order valence-corrected chi connectivity index (χ0v) is 18.2. The Kier molecular flexibility index (Phi) is 6.03. The van der Waals surface area contributed by atoms with Gasteiger partial charge in [-0.3, -0.25) is 5.10 Å². The van der Waals surface area contributed by atoms with E-state index in [1.54, 1.807) is 32.6 Å². The van der Waals surface area contributed by atoms with Crippen molar-refractivity contribution in [2.75, 3.05) is 32.5 Å². The predicted molar refractivity (Wildman–Crippen MR) is 117 cm³/mol. The normalized spacial score (nSPS) is 17.4. The summed E-state index contributed by atoms with van der Waals surface area (Å²) >= 11 is 0. The molecule has 0 aliphatic carbocycles. The highest BCUT2D eigenvalue weighted by molar-refractivity contribution is 7.86. The van der Waals surface area contributed by atoms with E-state index in [1.165, 1.54) is 20.7 Å². The fourth-order valence-electron chi connectivity index (χ4n) is 3.78. The Morgan fingerprint density at radius 3 is 2.90 bits per heavy atom. The first-order valence-corrected chi connectivity index (χ1v) is 11.4. The molecule has 8 nitrogen and oxygen atoms in total. The summed E-state index contributed by atoms with van der Waals surface area (Å²) in [6.07, 6.45) is 4.18. The van der Waals surface area contributed by atoms with Crippen molar-refractivity contribution in [2.24, 2.45) is 0 Å². The molecule has 1 aliphatic heterocycles. The van der Waals surface area contributed by atoms with E-state index in [1.807, 2.05) is 18.2 Å². The molecule has 4 rings (SSSR count). The highest BCUT2D eigenvalue weighted by Gasteiger charge is 2.35. The Labute approximate surface area is 181 Å². The number of hydrogen-bond donors (Lipinski definition) is 2. The minimum Gasteiger partial charge on any atom is -0.366 e. The molecule has 2 aromatic heterocycles. The standard InChI is InChI=1S/C21H25FN6O2S/c1-27(2)31(29,30)28-9-7-17(14-28)21-19(13-25-26-21)16-6-8-23-20(11-16)24-12-15-4-3-5-18(22)10-15/h3-6,8,10-11,13,17H,7,9,12,14H2,1-2H3,(H,23,24)(H,25,26)/t17-/m1/s1. The lowest BCUT2D eigenvalue weighted by Crippen LogP contribution is -2.38. The van der Waals surface area contributed by atoms with Gasteiger partial charge in [0.15, 0.2) is 0 Å². The smallest absolute Gasteiger partial charge is 0.281 e. The van der Waals surface area contributed by atoms with Gasteiger partial charge in [0.05, 0.1) is 6.20 Å². The van der Waals surface area contributed by atoms with Crippen LogP contribution in [0.1, 0.15) is 23.6 Å². The van der Waals surface area contributed by atoms with Crippen molar-refractivity contribution < 1.29 is 12.8 Å². The molecule has 2 N–H and O–H groups in total. The number of nitrogens with zero attached hydrogens (tertiary/aromatic N) is 4. The molecule has 1 atom stereocenters. The lowest BCUT2D eigenvalue weighted by Gasteiger charge is -2.20. The molecule has 0 unspecified atom stereocenters. The summed E-state index contributed by atoms with van der Waals surface area (Å²) in [5.41, 5.74) is 3.59. The lowest BCUT2D eigenvalue weighted by atomic mass is 9.97. The molecule has 0 saturated carbocycles. The van der Waals surface area contributed by atoms with Gasteiger partial charge in [0.25, 0.3) is 10.2 Å². The van der Waals surface area contributed by atoms with Crippen LogP contribution in [0.2, 0.25) is 0 Å². The zero-order chi connectivity index (χ0) is 22.0. The van der Waals surface area contributed by atoms with E-state index in [-0.39, 0.29) is 11.7 Å². The van der Waals surface area contributed by atoms with Crippen LogP contribution in [0, 0.1) is 5.82 Å². The molecule has 164 valence electrons. The quantitative estimate of drug-likeness (QED) is 0.584. The Balaban J connectivity index is 1.51. The van der Waals surface area contributed by atoms with Crippen LogP contribution in [0.5, 0.6) is 0 Å². The molecule has 1 fully saturated rings. The van der Waals surface area contributed by atoms with Crippen LogP contribution < -0.4 is 5.32 Å². The predicted octanol–water partition coefficient (Wildman–Crippen LogP) is 2.82. The number of aromatic nitrogens is 3. The van der Waals surface area contributed by atoms with Gasteiger partial charge in [0.2, 0.25) is 0 Å². The maximum atomic E-state index is 13.4. The number of halogens is 1. The maximum Gasteiger partial charge on any atom is 0.281 e. The van der Waals surface area contributed by atoms with Crippen molar-refractivity contribution in [3.05, 3.63) is 65.9 Å². The van der Waals surface area contributed by atoms with Crippen LogP contribution in [0.15, 0.2) is 48.8 Å². The van der Waals surface area contributed by atoms with Crippen molar-refractivity contribution in [3.8, 4) is 11.1 Å². The van der Waals surface area contributed by atoms with Gasteiger partial charge in [-0.15, -0.1) is 0 Å². The van der Waals surface area contributed by atoms with Gasteiger partial charge in [-0.05, 0) is 41.8 Å². The second-order valence-electron chi connectivity index (χ2n) is 7.74. The van der Waals surface area contributed by atoms with E-state index in [0.29, 0.717) is 25.5 Å². The molecular weight excluding hydrogens is 419 g/mol. The minimum absolute atomic E-state index is 0.0316. The van der Waals surface area contributed by atoms with Gasteiger partial charge in [0, 0.05) is 57.1 Å². The number of anilines is 1. The van der Waals surface area contributed by atoms with Crippen LogP contribution in [-0.2, 0) is 16.8 Å². The van der Waals surface area contributed by atoms with Gasteiger partial charge < -0.3 is 5.32 Å². The van der Waals surface area contributed by atoms with Gasteiger partial charge in [0.1, 0.15) is 11.6 Å². The number of hydrogen-bond acceptors (Lipinski definition) is 5. The average molecular weight is 445 g/mol. The van der Waals surface area contributed by atoms with E-state index < -0.39 is 10.2 Å². The van der Waals surface area contributed by atoms with Crippen LogP contribution >= 0.6 is 0 Å². The number of benzene rings is 1. The first kappa shape index (κ1) is 21.4.